The van der Waals surface area contributed by atoms with Gasteiger partial charge in [0.25, 0.3) is 0 Å². The summed E-state index contributed by atoms with van der Waals surface area (Å²) in [6, 6.07) is 12.1. The Bertz CT molecular complexity index is 741. The summed E-state index contributed by atoms with van der Waals surface area (Å²) in [4.78, 5) is 14.2. The van der Waals surface area contributed by atoms with Crippen molar-refractivity contribution in [1.29, 1.82) is 0 Å². The van der Waals surface area contributed by atoms with E-state index in [0.717, 1.165) is 23.4 Å². The minimum absolute atomic E-state index is 0.0409. The number of hydrogen-bond donors (Lipinski definition) is 1. The second-order valence-electron chi connectivity index (χ2n) is 5.97. The molecule has 24 heavy (non-hydrogen) atoms. The van der Waals surface area contributed by atoms with Crippen LogP contribution in [0.3, 0.4) is 0 Å². The van der Waals surface area contributed by atoms with Gasteiger partial charge in [0.2, 0.25) is 5.91 Å². The van der Waals surface area contributed by atoms with Gasteiger partial charge in [-0.1, -0.05) is 30.3 Å². The molecule has 3 rings (SSSR count). The van der Waals surface area contributed by atoms with E-state index in [1.807, 2.05) is 24.3 Å². The number of nitrogens with zero attached hydrogens (tertiary/aromatic N) is 1. The van der Waals surface area contributed by atoms with E-state index in [4.69, 9.17) is 5.73 Å². The highest BCUT2D eigenvalue weighted by Crippen LogP contribution is 2.30. The second kappa shape index (κ2) is 6.28. The van der Waals surface area contributed by atoms with Crippen LogP contribution in [0.4, 0.5) is 18.9 Å². The van der Waals surface area contributed by atoms with Crippen molar-refractivity contribution in [2.24, 2.45) is 5.73 Å². The Kier molecular flexibility index (Phi) is 4.32. The van der Waals surface area contributed by atoms with Crippen LogP contribution in [-0.2, 0) is 23.8 Å². The van der Waals surface area contributed by atoms with E-state index < -0.39 is 11.7 Å². The van der Waals surface area contributed by atoms with Crippen molar-refractivity contribution >= 4 is 11.6 Å². The number of anilines is 1. The lowest BCUT2D eigenvalue weighted by atomic mass is 9.97. The van der Waals surface area contributed by atoms with Gasteiger partial charge in [0, 0.05) is 18.3 Å². The third-order valence-electron chi connectivity index (χ3n) is 4.12. The molecule has 0 radical (unpaired) electrons. The average molecular weight is 334 g/mol. The molecule has 0 saturated carbocycles. The number of amides is 1. The van der Waals surface area contributed by atoms with Crippen molar-refractivity contribution in [3.05, 3.63) is 65.2 Å². The Morgan fingerprint density at radius 2 is 1.79 bits per heavy atom. The quantitative estimate of drug-likeness (QED) is 0.917. The average Bonchev–Trinajstić information content (AvgIpc) is 2.53. The summed E-state index contributed by atoms with van der Waals surface area (Å²) in [7, 11) is 0. The standard InChI is InChI=1S/C18H17F3N2O/c19-18(20,21)14-7-5-12(6-8-14)9-17(24)23-11-15(22)10-13-3-1-2-4-16(13)23/h1-8,15H,9-11,22H2. The van der Waals surface area contributed by atoms with Gasteiger partial charge in [-0.25, -0.2) is 0 Å². The Balaban J connectivity index is 1.78. The zero-order valence-corrected chi connectivity index (χ0v) is 12.9. The van der Waals surface area contributed by atoms with Crippen molar-refractivity contribution in [2.75, 3.05) is 11.4 Å². The Hall–Kier alpha value is -2.34. The van der Waals surface area contributed by atoms with Gasteiger partial charge >= 0.3 is 6.18 Å². The third kappa shape index (κ3) is 3.43. The van der Waals surface area contributed by atoms with Crippen molar-refractivity contribution in [3.8, 4) is 0 Å². The van der Waals surface area contributed by atoms with E-state index in [2.05, 4.69) is 0 Å². The van der Waals surface area contributed by atoms with Crippen LogP contribution in [0.15, 0.2) is 48.5 Å². The highest BCUT2D eigenvalue weighted by molar-refractivity contribution is 5.96. The van der Waals surface area contributed by atoms with E-state index >= 15 is 0 Å². The maximum absolute atomic E-state index is 12.6. The molecule has 2 aromatic carbocycles. The molecule has 0 saturated heterocycles. The molecule has 3 nitrogen and oxygen atoms in total. The summed E-state index contributed by atoms with van der Waals surface area (Å²) in [5.41, 5.74) is 7.69. The minimum Gasteiger partial charge on any atom is -0.326 e. The number of para-hydroxylation sites is 1. The molecule has 0 spiro atoms. The summed E-state index contributed by atoms with van der Waals surface area (Å²) in [5.74, 6) is -0.169. The van der Waals surface area contributed by atoms with Gasteiger partial charge in [0.05, 0.1) is 12.0 Å². The number of nitrogens with two attached hydrogens (primary N) is 1. The van der Waals surface area contributed by atoms with Crippen LogP contribution in [0.25, 0.3) is 0 Å². The number of rotatable bonds is 2. The molecular formula is C18H17F3N2O. The highest BCUT2D eigenvalue weighted by Gasteiger charge is 2.30. The molecule has 0 aromatic heterocycles. The molecule has 1 unspecified atom stereocenters. The van der Waals surface area contributed by atoms with Gasteiger partial charge < -0.3 is 10.6 Å². The number of fused-ring (bicyclic) bond motifs is 1. The summed E-state index contributed by atoms with van der Waals surface area (Å²) < 4.78 is 37.8. The van der Waals surface area contributed by atoms with Crippen LogP contribution in [0.1, 0.15) is 16.7 Å². The predicted octanol–water partition coefficient (Wildman–Crippen LogP) is 3.16. The smallest absolute Gasteiger partial charge is 0.326 e. The monoisotopic (exact) mass is 334 g/mol. The van der Waals surface area contributed by atoms with Crippen molar-refractivity contribution in [1.82, 2.24) is 0 Å². The molecule has 1 aliphatic heterocycles. The highest BCUT2D eigenvalue weighted by atomic mass is 19.4. The van der Waals surface area contributed by atoms with Gasteiger partial charge in [-0.2, -0.15) is 13.2 Å². The lowest BCUT2D eigenvalue weighted by Crippen LogP contribution is -2.46. The summed E-state index contributed by atoms with van der Waals surface area (Å²) in [6.45, 7) is 0.413. The molecule has 2 N–H and O–H groups in total. The van der Waals surface area contributed by atoms with Crippen LogP contribution in [0, 0.1) is 0 Å². The van der Waals surface area contributed by atoms with E-state index in [0.29, 0.717) is 18.5 Å². The number of alkyl halides is 3. The number of benzene rings is 2. The topological polar surface area (TPSA) is 46.3 Å². The first kappa shape index (κ1) is 16.5. The van der Waals surface area contributed by atoms with Crippen LogP contribution < -0.4 is 10.6 Å². The molecule has 1 atom stereocenters. The normalized spacial score (nSPS) is 17.5. The fourth-order valence-electron chi connectivity index (χ4n) is 2.94. The Morgan fingerprint density at radius 1 is 1.12 bits per heavy atom. The first-order chi connectivity index (χ1) is 11.3. The Labute approximate surface area is 137 Å². The third-order valence-corrected chi connectivity index (χ3v) is 4.12. The Morgan fingerprint density at radius 3 is 2.46 bits per heavy atom. The van der Waals surface area contributed by atoms with Crippen molar-refractivity contribution in [2.45, 2.75) is 25.1 Å². The first-order valence-electron chi connectivity index (χ1n) is 7.64. The maximum Gasteiger partial charge on any atom is 0.416 e. The van der Waals surface area contributed by atoms with Gasteiger partial charge in [0.1, 0.15) is 0 Å². The fourth-order valence-corrected chi connectivity index (χ4v) is 2.94. The minimum atomic E-state index is -4.37. The molecule has 1 heterocycles. The predicted molar refractivity (Wildman–Crippen MR) is 85.6 cm³/mol. The van der Waals surface area contributed by atoms with Crippen LogP contribution in [-0.4, -0.2) is 18.5 Å². The molecular weight excluding hydrogens is 317 g/mol. The summed E-state index contributed by atoms with van der Waals surface area (Å²) >= 11 is 0. The molecule has 126 valence electrons. The lowest BCUT2D eigenvalue weighted by Gasteiger charge is -2.33. The number of hydrogen-bond acceptors (Lipinski definition) is 2. The molecule has 2 aromatic rings. The maximum atomic E-state index is 12.6. The van der Waals surface area contributed by atoms with Crippen molar-refractivity contribution < 1.29 is 18.0 Å². The number of carbonyl (C=O) groups excluding carboxylic acids is 1. The van der Waals surface area contributed by atoms with E-state index in [-0.39, 0.29) is 18.4 Å². The largest absolute Gasteiger partial charge is 0.416 e. The molecule has 0 fully saturated rings. The van der Waals surface area contributed by atoms with Gasteiger partial charge in [-0.15, -0.1) is 0 Å². The number of halogens is 3. The van der Waals surface area contributed by atoms with Crippen LogP contribution >= 0.6 is 0 Å². The SMILES string of the molecule is NC1Cc2ccccc2N(C(=O)Cc2ccc(C(F)(F)F)cc2)C1. The van der Waals surface area contributed by atoms with Gasteiger partial charge in [-0.05, 0) is 35.7 Å². The fraction of sp³-hybridized carbons (Fsp3) is 0.278. The zero-order valence-electron chi connectivity index (χ0n) is 12.9. The second-order valence-corrected chi connectivity index (χ2v) is 5.97. The molecule has 6 heteroatoms. The van der Waals surface area contributed by atoms with E-state index in [9.17, 15) is 18.0 Å². The number of carbonyl (C=O) groups is 1. The van der Waals surface area contributed by atoms with Crippen LogP contribution in [0.5, 0.6) is 0 Å². The molecule has 1 amide bonds. The van der Waals surface area contributed by atoms with Crippen LogP contribution in [0.2, 0.25) is 0 Å². The summed E-state index contributed by atoms with van der Waals surface area (Å²) in [6.07, 6.45) is -3.62. The molecule has 0 bridgehead atoms. The van der Waals surface area contributed by atoms with Crippen molar-refractivity contribution in [3.63, 3.8) is 0 Å². The van der Waals surface area contributed by atoms with Gasteiger partial charge in [0.15, 0.2) is 0 Å². The zero-order chi connectivity index (χ0) is 17.3. The summed E-state index contributed by atoms with van der Waals surface area (Å²) in [5, 5.41) is 0. The molecule has 0 aliphatic carbocycles. The van der Waals surface area contributed by atoms with E-state index in [1.165, 1.54) is 12.1 Å². The first-order valence-corrected chi connectivity index (χ1v) is 7.64. The van der Waals surface area contributed by atoms with Gasteiger partial charge in [-0.3, -0.25) is 4.79 Å². The lowest BCUT2D eigenvalue weighted by molar-refractivity contribution is -0.137. The van der Waals surface area contributed by atoms with E-state index in [1.54, 1.807) is 4.90 Å². The molecule has 1 aliphatic rings.